The van der Waals surface area contributed by atoms with E-state index >= 15 is 0 Å². The molecule has 0 radical (unpaired) electrons. The molecule has 0 N–H and O–H groups in total. The molecule has 0 aromatic carbocycles. The first-order valence-corrected chi connectivity index (χ1v) is 18.8. The quantitative estimate of drug-likeness (QED) is 0.0538. The summed E-state index contributed by atoms with van der Waals surface area (Å²) in [5.41, 5.74) is 0. The third-order valence-corrected chi connectivity index (χ3v) is 8.13. The first-order valence-electron chi connectivity index (χ1n) is 18.8. The molecule has 0 bridgehead atoms. The second-order valence-corrected chi connectivity index (χ2v) is 12.5. The fourth-order valence-corrected chi connectivity index (χ4v) is 5.32. The van der Waals surface area contributed by atoms with Gasteiger partial charge in [0.1, 0.15) is 13.2 Å². The summed E-state index contributed by atoms with van der Waals surface area (Å²) in [7, 11) is 0. The zero-order valence-electron chi connectivity index (χ0n) is 28.7. The molecular weight excluding hydrogens is 516 g/mol. The predicted octanol–water partition coefficient (Wildman–Crippen LogP) is 12.7. The summed E-state index contributed by atoms with van der Waals surface area (Å²) in [6.45, 7) is 6.36. The lowest BCUT2D eigenvalue weighted by atomic mass is 10.1. The normalized spacial score (nSPS) is 11.9. The summed E-state index contributed by atoms with van der Waals surface area (Å²) < 4.78 is 11.1. The van der Waals surface area contributed by atoms with Gasteiger partial charge in [0.15, 0.2) is 5.78 Å². The average molecular weight is 591 g/mol. The van der Waals surface area contributed by atoms with Crippen molar-refractivity contribution in [3.63, 3.8) is 0 Å². The molecule has 3 heteroatoms. The monoisotopic (exact) mass is 591 g/mol. The Kier molecular flexibility index (Phi) is 37.3. The Balaban J connectivity index is 3.21. The van der Waals surface area contributed by atoms with Crippen LogP contribution in [0.5, 0.6) is 0 Å². The number of hydrogen-bond acceptors (Lipinski definition) is 3. The van der Waals surface area contributed by atoms with E-state index in [4.69, 9.17) is 9.47 Å². The van der Waals surface area contributed by atoms with Crippen LogP contribution in [0, 0.1) is 0 Å². The highest BCUT2D eigenvalue weighted by Gasteiger charge is 2.02. The lowest BCUT2D eigenvalue weighted by molar-refractivity contribution is -0.128. The molecule has 0 saturated carbocycles. The summed E-state index contributed by atoms with van der Waals surface area (Å²) in [5, 5.41) is 0. The Labute approximate surface area is 264 Å². The molecule has 0 unspecified atom stereocenters. The van der Waals surface area contributed by atoms with Crippen molar-refractivity contribution < 1.29 is 14.3 Å². The summed E-state index contributed by atoms with van der Waals surface area (Å²) in [6, 6.07) is 0. The van der Waals surface area contributed by atoms with E-state index in [1.165, 1.54) is 167 Å². The number of carbonyl (C=O) groups excluding carboxylic acids is 1. The van der Waals surface area contributed by atoms with Gasteiger partial charge in [0, 0.05) is 13.2 Å². The molecular formula is C39H74O3. The molecule has 0 fully saturated rings. The number of rotatable bonds is 36. The van der Waals surface area contributed by atoms with Gasteiger partial charge in [0.2, 0.25) is 0 Å². The number of Topliss-reactive ketones (excluding diaryl/α,β-unsaturated/α-hetero) is 1. The number of ether oxygens (including phenoxy) is 2. The number of allylic oxidation sites excluding steroid dienone is 4. The van der Waals surface area contributed by atoms with Crippen LogP contribution in [0.3, 0.4) is 0 Å². The molecule has 0 aromatic rings. The van der Waals surface area contributed by atoms with Crippen molar-refractivity contribution in [1.82, 2.24) is 0 Å². The van der Waals surface area contributed by atoms with Crippen LogP contribution in [0.2, 0.25) is 0 Å². The molecule has 0 aliphatic heterocycles. The summed E-state index contributed by atoms with van der Waals surface area (Å²) in [6.07, 6.45) is 46.2. The van der Waals surface area contributed by atoms with Crippen molar-refractivity contribution in [3.8, 4) is 0 Å². The Morgan fingerprint density at radius 1 is 0.381 bits per heavy atom. The second-order valence-electron chi connectivity index (χ2n) is 12.5. The Hall–Kier alpha value is -0.930. The largest absolute Gasteiger partial charge is 0.374 e. The van der Waals surface area contributed by atoms with Gasteiger partial charge in [-0.1, -0.05) is 154 Å². The van der Waals surface area contributed by atoms with E-state index < -0.39 is 0 Å². The maximum atomic E-state index is 11.9. The van der Waals surface area contributed by atoms with Gasteiger partial charge in [-0.05, 0) is 64.2 Å². The van der Waals surface area contributed by atoms with Crippen LogP contribution < -0.4 is 0 Å². The maximum Gasteiger partial charge on any atom is 0.183 e. The van der Waals surface area contributed by atoms with Gasteiger partial charge in [-0.25, -0.2) is 0 Å². The fraction of sp³-hybridized carbons (Fsp3) is 0.872. The molecule has 0 amide bonds. The summed E-state index contributed by atoms with van der Waals surface area (Å²) in [5.74, 6) is 0.0732. The van der Waals surface area contributed by atoms with Gasteiger partial charge in [-0.3, -0.25) is 4.79 Å². The third-order valence-electron chi connectivity index (χ3n) is 8.13. The standard InChI is InChI=1S/C39H74O3/c1-3-5-7-9-11-13-15-17-19-21-23-25-27-29-31-33-35-41-37-39(40)38-42-36-34-32-30-28-26-24-22-20-18-16-14-12-10-8-6-4-2/h17-20H,3-16,21-38H2,1-2H3. The zero-order chi connectivity index (χ0) is 30.4. The molecule has 0 saturated heterocycles. The average Bonchev–Trinajstić information content (AvgIpc) is 3.00. The molecule has 0 heterocycles. The van der Waals surface area contributed by atoms with Crippen molar-refractivity contribution >= 4 is 5.78 Å². The molecule has 0 atom stereocenters. The van der Waals surface area contributed by atoms with Gasteiger partial charge in [-0.2, -0.15) is 0 Å². The van der Waals surface area contributed by atoms with E-state index in [0.717, 1.165) is 12.8 Å². The van der Waals surface area contributed by atoms with Crippen LogP contribution in [0.15, 0.2) is 24.3 Å². The highest BCUT2D eigenvalue weighted by Crippen LogP contribution is 2.11. The van der Waals surface area contributed by atoms with Crippen LogP contribution in [0.4, 0.5) is 0 Å². The van der Waals surface area contributed by atoms with E-state index in [9.17, 15) is 4.79 Å². The third kappa shape index (κ3) is 37.1. The van der Waals surface area contributed by atoms with Crippen LogP contribution in [-0.4, -0.2) is 32.2 Å². The first kappa shape index (κ1) is 41.1. The van der Waals surface area contributed by atoms with Gasteiger partial charge >= 0.3 is 0 Å². The number of ketones is 1. The van der Waals surface area contributed by atoms with Crippen LogP contribution in [-0.2, 0) is 14.3 Å². The molecule has 0 aliphatic rings. The Bertz CT molecular complexity index is 520. The van der Waals surface area contributed by atoms with Crippen molar-refractivity contribution in [3.05, 3.63) is 24.3 Å². The Morgan fingerprint density at radius 3 is 0.952 bits per heavy atom. The van der Waals surface area contributed by atoms with Crippen LogP contribution >= 0.6 is 0 Å². The predicted molar refractivity (Wildman–Crippen MR) is 186 cm³/mol. The minimum atomic E-state index is 0.0732. The molecule has 3 nitrogen and oxygen atoms in total. The van der Waals surface area contributed by atoms with E-state index in [2.05, 4.69) is 38.2 Å². The molecule has 0 spiro atoms. The highest BCUT2D eigenvalue weighted by atomic mass is 16.5. The number of carbonyl (C=O) groups is 1. The molecule has 0 aromatic heterocycles. The molecule has 42 heavy (non-hydrogen) atoms. The van der Waals surface area contributed by atoms with Crippen molar-refractivity contribution in [2.45, 2.75) is 194 Å². The van der Waals surface area contributed by atoms with Gasteiger partial charge in [0.05, 0.1) is 0 Å². The minimum Gasteiger partial charge on any atom is -0.374 e. The Morgan fingerprint density at radius 2 is 0.643 bits per heavy atom. The number of hydrogen-bond donors (Lipinski definition) is 0. The highest BCUT2D eigenvalue weighted by molar-refractivity contribution is 5.80. The van der Waals surface area contributed by atoms with E-state index in [1.807, 2.05) is 0 Å². The van der Waals surface area contributed by atoms with E-state index in [-0.39, 0.29) is 19.0 Å². The second kappa shape index (κ2) is 38.1. The maximum absolute atomic E-state index is 11.9. The lowest BCUT2D eigenvalue weighted by Gasteiger charge is -2.06. The molecule has 248 valence electrons. The molecule has 0 rings (SSSR count). The van der Waals surface area contributed by atoms with E-state index in [0.29, 0.717) is 13.2 Å². The van der Waals surface area contributed by atoms with Crippen molar-refractivity contribution in [1.29, 1.82) is 0 Å². The van der Waals surface area contributed by atoms with Gasteiger partial charge in [-0.15, -0.1) is 0 Å². The van der Waals surface area contributed by atoms with Crippen LogP contribution in [0.1, 0.15) is 194 Å². The smallest absolute Gasteiger partial charge is 0.183 e. The minimum absolute atomic E-state index is 0.0732. The zero-order valence-corrected chi connectivity index (χ0v) is 28.7. The SMILES string of the molecule is CCCCCCCCC=CCCCCCCCCOCC(=O)COCCCCCCCCC=CCCCCCCCC. The van der Waals surface area contributed by atoms with Gasteiger partial charge in [0.25, 0.3) is 0 Å². The van der Waals surface area contributed by atoms with E-state index in [1.54, 1.807) is 0 Å². The number of unbranched alkanes of at least 4 members (excludes halogenated alkanes) is 24. The van der Waals surface area contributed by atoms with Crippen LogP contribution in [0.25, 0.3) is 0 Å². The first-order chi connectivity index (χ1) is 20.8. The molecule has 0 aliphatic carbocycles. The topological polar surface area (TPSA) is 35.5 Å². The summed E-state index contributed by atoms with van der Waals surface area (Å²) >= 11 is 0. The fourth-order valence-electron chi connectivity index (χ4n) is 5.32. The summed E-state index contributed by atoms with van der Waals surface area (Å²) in [4.78, 5) is 11.9. The van der Waals surface area contributed by atoms with Gasteiger partial charge < -0.3 is 9.47 Å². The van der Waals surface area contributed by atoms with Crippen molar-refractivity contribution in [2.24, 2.45) is 0 Å². The lowest BCUT2D eigenvalue weighted by Crippen LogP contribution is -2.16. The van der Waals surface area contributed by atoms with Crippen molar-refractivity contribution in [2.75, 3.05) is 26.4 Å².